The van der Waals surface area contributed by atoms with Crippen molar-refractivity contribution in [2.45, 2.75) is 18.4 Å². The van der Waals surface area contributed by atoms with E-state index in [1.165, 1.54) is 93.5 Å². The van der Waals surface area contributed by atoms with Crippen molar-refractivity contribution in [2.75, 3.05) is 4.90 Å². The molecule has 1 aliphatic carbocycles. The molecule has 0 N–H and O–H groups in total. The lowest BCUT2D eigenvalue weighted by Crippen LogP contribution is -2.41. The number of hydrogen-bond acceptors (Lipinski definition) is 1. The first kappa shape index (κ1) is 36.2. The number of para-hydroxylation sites is 5. The maximum atomic E-state index is 2.55. The predicted molar refractivity (Wildman–Crippen MR) is 273 cm³/mol. The van der Waals surface area contributed by atoms with Crippen LogP contribution in [0, 0.1) is 0 Å². The molecule has 2 unspecified atom stereocenters. The Morgan fingerprint density at radius 1 is 0.354 bits per heavy atom. The van der Waals surface area contributed by atoms with Gasteiger partial charge in [-0.25, -0.2) is 0 Å². The molecule has 4 heterocycles. The van der Waals surface area contributed by atoms with Crippen LogP contribution in [0.1, 0.15) is 18.4 Å². The SMILES string of the molecule is CC12C=CC=CC1c1ccccc1N2c1ccc2c3ccccc3n(-c3ccc(-c4ccc(-n5c6ccccc6c6ccc(-n7c8ccccc8c8ccccc87)cc65)cc4)cc3)c2c1. The molecule has 0 saturated carbocycles. The first-order valence-electron chi connectivity index (χ1n) is 22.6. The summed E-state index contributed by atoms with van der Waals surface area (Å²) in [6.07, 6.45) is 9.13. The van der Waals surface area contributed by atoms with Crippen LogP contribution in [0.3, 0.4) is 0 Å². The molecule has 14 rings (SSSR count). The Hall–Kier alpha value is -8.34. The average Bonchev–Trinajstić information content (AvgIpc) is 4.07. The van der Waals surface area contributed by atoms with Gasteiger partial charge in [-0.1, -0.05) is 152 Å². The number of rotatable bonds is 5. The molecule has 2 aliphatic rings. The number of benzene rings is 9. The van der Waals surface area contributed by atoms with Crippen molar-refractivity contribution in [1.82, 2.24) is 13.7 Å². The molecule has 4 heteroatoms. The second-order valence-corrected chi connectivity index (χ2v) is 17.9. The third-order valence-corrected chi connectivity index (χ3v) is 14.5. The van der Waals surface area contributed by atoms with Crippen molar-refractivity contribution in [3.8, 4) is 28.2 Å². The van der Waals surface area contributed by atoms with Crippen LogP contribution in [-0.4, -0.2) is 19.2 Å². The highest BCUT2D eigenvalue weighted by atomic mass is 15.2. The summed E-state index contributed by atoms with van der Waals surface area (Å²) in [6, 6.07) is 76.1. The van der Waals surface area contributed by atoms with Gasteiger partial charge in [0.2, 0.25) is 0 Å². The lowest BCUT2D eigenvalue weighted by Gasteiger charge is -2.39. The molecular formula is C61H42N4. The number of hydrogen-bond donors (Lipinski definition) is 0. The van der Waals surface area contributed by atoms with E-state index in [0.717, 1.165) is 17.1 Å². The van der Waals surface area contributed by atoms with E-state index < -0.39 is 0 Å². The maximum Gasteiger partial charge on any atom is 0.0712 e. The highest BCUT2D eigenvalue weighted by molar-refractivity contribution is 6.13. The van der Waals surface area contributed by atoms with Crippen molar-refractivity contribution in [2.24, 2.45) is 0 Å². The Balaban J connectivity index is 0.850. The minimum Gasteiger partial charge on any atom is -0.331 e. The second kappa shape index (κ2) is 13.6. The zero-order chi connectivity index (χ0) is 42.8. The van der Waals surface area contributed by atoms with Crippen LogP contribution in [0.2, 0.25) is 0 Å². The van der Waals surface area contributed by atoms with Gasteiger partial charge in [-0.3, -0.25) is 0 Å². The van der Waals surface area contributed by atoms with Gasteiger partial charge in [-0.05, 0) is 102 Å². The van der Waals surface area contributed by atoms with Gasteiger partial charge in [0.05, 0.1) is 38.6 Å². The summed E-state index contributed by atoms with van der Waals surface area (Å²) in [6.45, 7) is 2.37. The van der Waals surface area contributed by atoms with E-state index in [1.807, 2.05) is 0 Å². The molecule has 0 amide bonds. The lowest BCUT2D eigenvalue weighted by atomic mass is 9.80. The van der Waals surface area contributed by atoms with Gasteiger partial charge >= 0.3 is 0 Å². The number of aromatic nitrogens is 3. The first-order chi connectivity index (χ1) is 32.1. The molecule has 306 valence electrons. The third-order valence-electron chi connectivity index (χ3n) is 14.5. The van der Waals surface area contributed by atoms with Gasteiger partial charge in [-0.15, -0.1) is 0 Å². The van der Waals surface area contributed by atoms with Crippen LogP contribution in [-0.2, 0) is 0 Å². The third kappa shape index (κ3) is 5.14. The molecule has 3 aromatic heterocycles. The van der Waals surface area contributed by atoms with E-state index in [-0.39, 0.29) is 5.54 Å². The number of allylic oxidation sites excluding steroid dienone is 2. The van der Waals surface area contributed by atoms with E-state index >= 15 is 0 Å². The molecule has 0 radical (unpaired) electrons. The van der Waals surface area contributed by atoms with Crippen molar-refractivity contribution < 1.29 is 0 Å². The minimum absolute atomic E-state index is 0.196. The molecule has 0 spiro atoms. The molecule has 0 fully saturated rings. The summed E-state index contributed by atoms with van der Waals surface area (Å²) in [5.41, 5.74) is 16.7. The molecule has 9 aromatic carbocycles. The number of nitrogens with zero attached hydrogens (tertiary/aromatic N) is 4. The van der Waals surface area contributed by atoms with Crippen LogP contribution < -0.4 is 4.90 Å². The van der Waals surface area contributed by atoms with Crippen LogP contribution in [0.25, 0.3) is 93.6 Å². The molecule has 0 bridgehead atoms. The van der Waals surface area contributed by atoms with Gasteiger partial charge in [0.15, 0.2) is 0 Å². The molecule has 2 atom stereocenters. The fraction of sp³-hybridized carbons (Fsp3) is 0.0492. The Bertz CT molecular complexity index is 3920. The highest BCUT2D eigenvalue weighted by Gasteiger charge is 2.46. The maximum absolute atomic E-state index is 2.55. The molecule has 12 aromatic rings. The quantitative estimate of drug-likeness (QED) is 0.169. The molecule has 0 saturated heterocycles. The summed E-state index contributed by atoms with van der Waals surface area (Å²) in [7, 11) is 0. The minimum atomic E-state index is -0.196. The van der Waals surface area contributed by atoms with Gasteiger partial charge < -0.3 is 18.6 Å². The smallest absolute Gasteiger partial charge is 0.0712 e. The summed E-state index contributed by atoms with van der Waals surface area (Å²) in [5, 5.41) is 7.54. The van der Waals surface area contributed by atoms with E-state index in [4.69, 9.17) is 0 Å². The first-order valence-corrected chi connectivity index (χ1v) is 22.6. The largest absolute Gasteiger partial charge is 0.331 e. The van der Waals surface area contributed by atoms with Gasteiger partial charge in [-0.2, -0.15) is 0 Å². The van der Waals surface area contributed by atoms with Gasteiger partial charge in [0.1, 0.15) is 0 Å². The Labute approximate surface area is 376 Å². The Morgan fingerprint density at radius 3 is 1.28 bits per heavy atom. The Morgan fingerprint density at radius 2 is 0.754 bits per heavy atom. The van der Waals surface area contributed by atoms with Crippen LogP contribution >= 0.6 is 0 Å². The van der Waals surface area contributed by atoms with E-state index in [9.17, 15) is 0 Å². The van der Waals surface area contributed by atoms with Crippen LogP contribution in [0.15, 0.2) is 231 Å². The number of anilines is 2. The summed E-state index contributed by atoms with van der Waals surface area (Å²) < 4.78 is 7.27. The van der Waals surface area contributed by atoms with E-state index in [0.29, 0.717) is 5.92 Å². The highest BCUT2D eigenvalue weighted by Crippen LogP contribution is 2.54. The lowest BCUT2D eigenvalue weighted by molar-refractivity contribution is 0.542. The van der Waals surface area contributed by atoms with E-state index in [1.54, 1.807) is 0 Å². The van der Waals surface area contributed by atoms with Crippen molar-refractivity contribution in [1.29, 1.82) is 0 Å². The average molecular weight is 831 g/mol. The topological polar surface area (TPSA) is 18.0 Å². The molecule has 4 nitrogen and oxygen atoms in total. The Kier molecular flexibility index (Phi) is 7.56. The van der Waals surface area contributed by atoms with Gasteiger partial charge in [0.25, 0.3) is 0 Å². The molecule has 1 aliphatic heterocycles. The summed E-state index contributed by atoms with van der Waals surface area (Å²) >= 11 is 0. The van der Waals surface area contributed by atoms with Crippen molar-refractivity contribution in [3.63, 3.8) is 0 Å². The van der Waals surface area contributed by atoms with Crippen LogP contribution in [0.5, 0.6) is 0 Å². The predicted octanol–water partition coefficient (Wildman–Crippen LogP) is 15.8. The summed E-state index contributed by atoms with van der Waals surface area (Å²) in [4.78, 5) is 2.55. The second-order valence-electron chi connectivity index (χ2n) is 17.9. The van der Waals surface area contributed by atoms with Crippen molar-refractivity contribution >= 4 is 76.8 Å². The molecule has 65 heavy (non-hydrogen) atoms. The monoisotopic (exact) mass is 830 g/mol. The van der Waals surface area contributed by atoms with Crippen LogP contribution in [0.4, 0.5) is 11.4 Å². The normalized spacial score (nSPS) is 16.8. The zero-order valence-electron chi connectivity index (χ0n) is 35.8. The standard InChI is InChI=1S/C61H42N4/c1-61-37-13-12-19-53(61)52-18-6-11-24-58(52)65(61)45-34-36-51-49-17-5-8-21-55(49)63(60(51)39-45)43-31-27-41(28-32-43)40-25-29-42(30-26-40)62-54-20-7-4-16-48(54)50-35-33-44(38-59(50)62)64-56-22-9-2-14-46(56)47-15-3-10-23-57(47)64/h2-39,53H,1H3. The fourth-order valence-corrected chi connectivity index (χ4v) is 11.5. The molecular weight excluding hydrogens is 789 g/mol. The zero-order valence-corrected chi connectivity index (χ0v) is 35.8. The van der Waals surface area contributed by atoms with Crippen molar-refractivity contribution in [3.05, 3.63) is 236 Å². The number of fused-ring (bicyclic) bond motifs is 12. The fourth-order valence-electron chi connectivity index (χ4n) is 11.5. The summed E-state index contributed by atoms with van der Waals surface area (Å²) in [5.74, 6) is 0.291. The van der Waals surface area contributed by atoms with Gasteiger partial charge in [0, 0.05) is 66.7 Å². The van der Waals surface area contributed by atoms with E-state index in [2.05, 4.69) is 256 Å².